The number of ether oxygens (including phenoxy) is 2. The molecule has 2 rings (SSSR count). The van der Waals surface area contributed by atoms with E-state index in [4.69, 9.17) is 9.47 Å². The van der Waals surface area contributed by atoms with E-state index in [1.807, 2.05) is 45.0 Å². The molecule has 8 heteroatoms. The molecule has 184 valence electrons. The molecule has 0 aliphatic rings. The molecule has 0 radical (unpaired) electrons. The van der Waals surface area contributed by atoms with E-state index in [0.717, 1.165) is 28.0 Å². The first-order valence-electron chi connectivity index (χ1n) is 11.3. The van der Waals surface area contributed by atoms with E-state index in [1.165, 1.54) is 0 Å². The fraction of sp³-hybridized carbons (Fsp3) is 0.423. The van der Waals surface area contributed by atoms with Crippen molar-refractivity contribution >= 4 is 23.6 Å². The molecule has 0 fully saturated rings. The maximum Gasteiger partial charge on any atom is 0.407 e. The molecule has 0 spiro atoms. The number of carbonyl (C=O) groups is 3. The Kier molecular flexibility index (Phi) is 9.47. The zero-order valence-electron chi connectivity index (χ0n) is 20.8. The van der Waals surface area contributed by atoms with Crippen LogP contribution in [0.25, 0.3) is 0 Å². The minimum Gasteiger partial charge on any atom is -0.483 e. The van der Waals surface area contributed by atoms with E-state index in [1.54, 1.807) is 32.9 Å². The van der Waals surface area contributed by atoms with Gasteiger partial charge in [0.05, 0.1) is 0 Å². The Hall–Kier alpha value is -3.55. The summed E-state index contributed by atoms with van der Waals surface area (Å²) in [6.07, 6.45) is -0.432. The zero-order chi connectivity index (χ0) is 25.3. The van der Waals surface area contributed by atoms with E-state index in [9.17, 15) is 14.4 Å². The first kappa shape index (κ1) is 26.7. The number of alkyl carbamates (subject to hydrolysis) is 1. The van der Waals surface area contributed by atoms with Crippen molar-refractivity contribution in [1.82, 2.24) is 10.6 Å². The van der Waals surface area contributed by atoms with Crippen LogP contribution in [0.2, 0.25) is 0 Å². The maximum atomic E-state index is 12.2. The van der Waals surface area contributed by atoms with Crippen LogP contribution in [0.1, 0.15) is 49.4 Å². The van der Waals surface area contributed by atoms with Crippen LogP contribution < -0.4 is 20.7 Å². The molecule has 34 heavy (non-hydrogen) atoms. The van der Waals surface area contributed by atoms with E-state index < -0.39 is 11.7 Å². The summed E-state index contributed by atoms with van der Waals surface area (Å²) in [6, 6.07) is 11.2. The van der Waals surface area contributed by atoms with Crippen molar-refractivity contribution in [1.29, 1.82) is 0 Å². The van der Waals surface area contributed by atoms with Gasteiger partial charge in [0.15, 0.2) is 6.61 Å². The molecule has 2 aromatic carbocycles. The Bertz CT molecular complexity index is 1010. The van der Waals surface area contributed by atoms with E-state index in [2.05, 4.69) is 16.0 Å². The number of rotatable bonds is 9. The van der Waals surface area contributed by atoms with Gasteiger partial charge in [-0.15, -0.1) is 0 Å². The lowest BCUT2D eigenvalue weighted by Crippen LogP contribution is -2.34. The van der Waals surface area contributed by atoms with E-state index >= 15 is 0 Å². The van der Waals surface area contributed by atoms with Crippen LogP contribution in [0.5, 0.6) is 5.75 Å². The Morgan fingerprint density at radius 3 is 2.15 bits per heavy atom. The summed E-state index contributed by atoms with van der Waals surface area (Å²) in [4.78, 5) is 35.9. The molecular formula is C26H35N3O5. The van der Waals surface area contributed by atoms with Crippen molar-refractivity contribution in [3.63, 3.8) is 0 Å². The second-order valence-corrected chi connectivity index (χ2v) is 9.14. The largest absolute Gasteiger partial charge is 0.483 e. The van der Waals surface area contributed by atoms with Gasteiger partial charge in [-0.1, -0.05) is 24.3 Å². The van der Waals surface area contributed by atoms with Gasteiger partial charge < -0.3 is 25.4 Å². The van der Waals surface area contributed by atoms with Crippen molar-refractivity contribution < 1.29 is 23.9 Å². The molecule has 2 aromatic rings. The average molecular weight is 470 g/mol. The minimum atomic E-state index is -0.584. The maximum absolute atomic E-state index is 12.2. The third-order valence-corrected chi connectivity index (χ3v) is 4.97. The van der Waals surface area contributed by atoms with E-state index in [-0.39, 0.29) is 31.4 Å². The smallest absolute Gasteiger partial charge is 0.407 e. The van der Waals surface area contributed by atoms with Gasteiger partial charge in [0.25, 0.3) is 5.91 Å². The number of hydrogen-bond acceptors (Lipinski definition) is 5. The normalized spacial score (nSPS) is 10.9. The molecule has 3 N–H and O–H groups in total. The Morgan fingerprint density at radius 2 is 1.50 bits per heavy atom. The molecular weight excluding hydrogens is 434 g/mol. The second kappa shape index (κ2) is 12.1. The summed E-state index contributed by atoms with van der Waals surface area (Å²) < 4.78 is 10.9. The van der Waals surface area contributed by atoms with Gasteiger partial charge in [-0.2, -0.15) is 0 Å². The Morgan fingerprint density at radius 1 is 0.853 bits per heavy atom. The van der Waals surface area contributed by atoms with Crippen molar-refractivity contribution in [2.75, 3.05) is 18.5 Å². The predicted molar refractivity (Wildman–Crippen MR) is 132 cm³/mol. The highest BCUT2D eigenvalue weighted by Crippen LogP contribution is 2.25. The fourth-order valence-electron chi connectivity index (χ4n) is 3.06. The van der Waals surface area contributed by atoms with E-state index in [0.29, 0.717) is 12.2 Å². The second-order valence-electron chi connectivity index (χ2n) is 9.14. The molecule has 0 unspecified atom stereocenters. The van der Waals surface area contributed by atoms with Gasteiger partial charge >= 0.3 is 6.09 Å². The molecule has 0 aromatic heterocycles. The average Bonchev–Trinajstić information content (AvgIpc) is 2.74. The highest BCUT2D eigenvalue weighted by Gasteiger charge is 2.16. The zero-order valence-corrected chi connectivity index (χ0v) is 20.8. The number of anilines is 1. The van der Waals surface area contributed by atoms with Crippen LogP contribution in [0.3, 0.4) is 0 Å². The number of amides is 3. The summed E-state index contributed by atoms with van der Waals surface area (Å²) in [7, 11) is 0. The summed E-state index contributed by atoms with van der Waals surface area (Å²) >= 11 is 0. The number of benzene rings is 2. The van der Waals surface area contributed by atoms with Gasteiger partial charge in [-0.05, 0) is 75.9 Å². The molecule has 8 nitrogen and oxygen atoms in total. The van der Waals surface area contributed by atoms with Gasteiger partial charge in [-0.3, -0.25) is 9.59 Å². The molecule has 3 amide bonds. The van der Waals surface area contributed by atoms with Crippen LogP contribution in [0, 0.1) is 20.8 Å². The van der Waals surface area contributed by atoms with Gasteiger partial charge in [0, 0.05) is 25.2 Å². The molecule has 0 aliphatic carbocycles. The fourth-order valence-corrected chi connectivity index (χ4v) is 3.06. The van der Waals surface area contributed by atoms with Crippen molar-refractivity contribution in [3.8, 4) is 5.75 Å². The number of carbonyl (C=O) groups excluding carboxylic acids is 3. The van der Waals surface area contributed by atoms with Crippen LogP contribution in [-0.4, -0.2) is 36.7 Å². The standard InChI is InChI=1S/C26H35N3O5/c1-17-7-8-18(2)24(19(17)3)33-16-23(31)28-15-20-9-11-21(12-10-20)29-22(30)13-14-27-25(32)34-26(4,5)6/h7-12H,13-16H2,1-6H3,(H,27,32)(H,28,31)(H,29,30). The summed E-state index contributed by atoms with van der Waals surface area (Å²) in [6.45, 7) is 11.7. The third kappa shape index (κ3) is 9.13. The molecule has 0 heterocycles. The van der Waals surface area contributed by atoms with Gasteiger partial charge in [0.1, 0.15) is 11.4 Å². The predicted octanol–water partition coefficient (Wildman–Crippen LogP) is 4.16. The number of hydrogen-bond donors (Lipinski definition) is 3. The molecule has 0 atom stereocenters. The van der Waals surface area contributed by atoms with Crippen LogP contribution in [0.15, 0.2) is 36.4 Å². The molecule has 0 saturated heterocycles. The van der Waals surface area contributed by atoms with Crippen molar-refractivity contribution in [3.05, 3.63) is 58.7 Å². The number of nitrogens with one attached hydrogen (secondary N) is 3. The summed E-state index contributed by atoms with van der Waals surface area (Å²) in [5, 5.41) is 8.15. The molecule has 0 bridgehead atoms. The summed E-state index contributed by atoms with van der Waals surface area (Å²) in [5.41, 5.74) is 4.08. The SMILES string of the molecule is Cc1ccc(C)c(OCC(=O)NCc2ccc(NC(=O)CCNC(=O)OC(C)(C)C)cc2)c1C. The lowest BCUT2D eigenvalue weighted by Gasteiger charge is -2.19. The Labute approximate surface area is 201 Å². The van der Waals surface area contributed by atoms with Crippen LogP contribution >= 0.6 is 0 Å². The lowest BCUT2D eigenvalue weighted by molar-refractivity contribution is -0.123. The summed E-state index contributed by atoms with van der Waals surface area (Å²) in [5.74, 6) is 0.308. The first-order chi connectivity index (χ1) is 15.9. The molecule has 0 saturated carbocycles. The quantitative estimate of drug-likeness (QED) is 0.511. The van der Waals surface area contributed by atoms with Gasteiger partial charge in [-0.25, -0.2) is 4.79 Å². The van der Waals surface area contributed by atoms with Crippen molar-refractivity contribution in [2.45, 2.75) is 60.1 Å². The monoisotopic (exact) mass is 469 g/mol. The van der Waals surface area contributed by atoms with Crippen molar-refractivity contribution in [2.24, 2.45) is 0 Å². The highest BCUT2D eigenvalue weighted by atomic mass is 16.6. The number of aryl methyl sites for hydroxylation is 2. The highest BCUT2D eigenvalue weighted by molar-refractivity contribution is 5.91. The van der Waals surface area contributed by atoms with Crippen LogP contribution in [0.4, 0.5) is 10.5 Å². The topological polar surface area (TPSA) is 106 Å². The minimum absolute atomic E-state index is 0.0589. The Balaban J connectivity index is 1.72. The van der Waals surface area contributed by atoms with Gasteiger partial charge in [0.2, 0.25) is 5.91 Å². The lowest BCUT2D eigenvalue weighted by atomic mass is 10.1. The molecule has 0 aliphatic heterocycles. The third-order valence-electron chi connectivity index (χ3n) is 4.97. The first-order valence-corrected chi connectivity index (χ1v) is 11.3. The van der Waals surface area contributed by atoms with Crippen LogP contribution in [-0.2, 0) is 20.9 Å².